The van der Waals surface area contributed by atoms with Crippen LogP contribution in [0.4, 0.5) is 5.69 Å². The lowest BCUT2D eigenvalue weighted by molar-refractivity contribution is 0.316. The monoisotopic (exact) mass is 232 g/mol. The molecule has 0 heterocycles. The predicted molar refractivity (Wildman–Crippen MR) is 74.0 cm³/mol. The minimum Gasteiger partial charge on any atom is -0.399 e. The Morgan fingerprint density at radius 2 is 1.82 bits per heavy atom. The molecule has 0 amide bonds. The summed E-state index contributed by atoms with van der Waals surface area (Å²) < 4.78 is 0. The summed E-state index contributed by atoms with van der Waals surface area (Å²) >= 11 is 0. The molecule has 0 saturated heterocycles. The first kappa shape index (κ1) is 12.4. The van der Waals surface area contributed by atoms with Crippen LogP contribution in [0.1, 0.15) is 38.2 Å². The quantitative estimate of drug-likeness (QED) is 0.605. The van der Waals surface area contributed by atoms with E-state index in [0.29, 0.717) is 5.41 Å². The summed E-state index contributed by atoms with van der Waals surface area (Å²) in [4.78, 5) is 0. The van der Waals surface area contributed by atoms with E-state index in [4.69, 9.17) is 5.73 Å². The van der Waals surface area contributed by atoms with Crippen molar-refractivity contribution in [3.8, 4) is 0 Å². The van der Waals surface area contributed by atoms with Gasteiger partial charge in [0, 0.05) is 12.2 Å². The maximum absolute atomic E-state index is 5.67. The maximum atomic E-state index is 5.67. The average Bonchev–Trinajstić information content (AvgIpc) is 2.74. The topological polar surface area (TPSA) is 38.0 Å². The van der Waals surface area contributed by atoms with Crippen molar-refractivity contribution < 1.29 is 0 Å². The number of nitrogens with one attached hydrogen (secondary N) is 1. The summed E-state index contributed by atoms with van der Waals surface area (Å²) in [5, 5.41) is 3.60. The fourth-order valence-corrected chi connectivity index (χ4v) is 2.71. The molecule has 2 heteroatoms. The van der Waals surface area contributed by atoms with Crippen LogP contribution >= 0.6 is 0 Å². The Hall–Kier alpha value is -1.02. The third-order valence-corrected chi connectivity index (χ3v) is 3.93. The third-order valence-electron chi connectivity index (χ3n) is 3.93. The van der Waals surface area contributed by atoms with Gasteiger partial charge in [0.1, 0.15) is 0 Å². The second-order valence-electron chi connectivity index (χ2n) is 5.69. The van der Waals surface area contributed by atoms with Crippen molar-refractivity contribution in [2.75, 3.05) is 18.8 Å². The smallest absolute Gasteiger partial charge is 0.0314 e. The lowest BCUT2D eigenvalue weighted by Gasteiger charge is -2.23. The fourth-order valence-electron chi connectivity index (χ4n) is 2.71. The van der Waals surface area contributed by atoms with Crippen LogP contribution in [0.3, 0.4) is 0 Å². The molecule has 0 spiro atoms. The Morgan fingerprint density at radius 3 is 2.47 bits per heavy atom. The van der Waals surface area contributed by atoms with Crippen LogP contribution in [0, 0.1) is 5.41 Å². The van der Waals surface area contributed by atoms with Crippen LogP contribution in [-0.2, 0) is 6.42 Å². The molecule has 0 bridgehead atoms. The van der Waals surface area contributed by atoms with E-state index in [-0.39, 0.29) is 0 Å². The normalized spacial score (nSPS) is 18.4. The van der Waals surface area contributed by atoms with E-state index in [0.717, 1.165) is 18.7 Å². The molecule has 0 unspecified atom stereocenters. The lowest BCUT2D eigenvalue weighted by Crippen LogP contribution is -2.30. The Kier molecular flexibility index (Phi) is 4.06. The van der Waals surface area contributed by atoms with Crippen molar-refractivity contribution in [2.24, 2.45) is 5.41 Å². The number of benzene rings is 1. The summed E-state index contributed by atoms with van der Waals surface area (Å²) in [5.41, 5.74) is 8.43. The molecule has 0 aliphatic heterocycles. The molecule has 0 aromatic heterocycles. The van der Waals surface area contributed by atoms with Gasteiger partial charge in [0.15, 0.2) is 0 Å². The summed E-state index contributed by atoms with van der Waals surface area (Å²) in [7, 11) is 0. The van der Waals surface area contributed by atoms with Crippen molar-refractivity contribution in [1.82, 2.24) is 5.32 Å². The number of anilines is 1. The summed E-state index contributed by atoms with van der Waals surface area (Å²) in [6.07, 6.45) is 6.70. The van der Waals surface area contributed by atoms with Gasteiger partial charge >= 0.3 is 0 Å². The highest BCUT2D eigenvalue weighted by Gasteiger charge is 2.27. The summed E-state index contributed by atoms with van der Waals surface area (Å²) in [6, 6.07) is 8.20. The molecule has 17 heavy (non-hydrogen) atoms. The zero-order valence-corrected chi connectivity index (χ0v) is 10.8. The fraction of sp³-hybridized carbons (Fsp3) is 0.600. The van der Waals surface area contributed by atoms with E-state index < -0.39 is 0 Å². The first-order chi connectivity index (χ1) is 8.18. The maximum Gasteiger partial charge on any atom is 0.0314 e. The van der Waals surface area contributed by atoms with Crippen molar-refractivity contribution in [3.63, 3.8) is 0 Å². The highest BCUT2D eigenvalue weighted by atomic mass is 14.9. The van der Waals surface area contributed by atoms with Gasteiger partial charge < -0.3 is 11.1 Å². The molecule has 2 rings (SSSR count). The van der Waals surface area contributed by atoms with E-state index in [1.165, 1.54) is 37.8 Å². The highest BCUT2D eigenvalue weighted by molar-refractivity contribution is 5.39. The molecule has 0 atom stereocenters. The summed E-state index contributed by atoms with van der Waals surface area (Å²) in [6.45, 7) is 4.65. The molecule has 1 aliphatic rings. The zero-order valence-electron chi connectivity index (χ0n) is 10.8. The van der Waals surface area contributed by atoms with Crippen LogP contribution in [0.5, 0.6) is 0 Å². The number of rotatable bonds is 5. The molecule has 94 valence electrons. The van der Waals surface area contributed by atoms with Gasteiger partial charge in [0.2, 0.25) is 0 Å². The van der Waals surface area contributed by atoms with E-state index >= 15 is 0 Å². The SMILES string of the molecule is CC1(CNCCc2ccc(N)cc2)CCCC1. The van der Waals surface area contributed by atoms with Gasteiger partial charge in [-0.05, 0) is 48.9 Å². The van der Waals surface area contributed by atoms with E-state index in [1.54, 1.807) is 0 Å². The second-order valence-corrected chi connectivity index (χ2v) is 5.69. The van der Waals surface area contributed by atoms with E-state index in [1.807, 2.05) is 12.1 Å². The van der Waals surface area contributed by atoms with E-state index in [9.17, 15) is 0 Å². The minimum atomic E-state index is 0.557. The first-order valence-corrected chi connectivity index (χ1v) is 6.73. The number of nitrogens with two attached hydrogens (primary N) is 1. The average molecular weight is 232 g/mol. The zero-order chi connectivity index (χ0) is 12.1. The van der Waals surface area contributed by atoms with Crippen LogP contribution in [-0.4, -0.2) is 13.1 Å². The van der Waals surface area contributed by atoms with Gasteiger partial charge in [0.05, 0.1) is 0 Å². The summed E-state index contributed by atoms with van der Waals surface area (Å²) in [5.74, 6) is 0. The first-order valence-electron chi connectivity index (χ1n) is 6.73. The van der Waals surface area contributed by atoms with Gasteiger partial charge in [-0.15, -0.1) is 0 Å². The Morgan fingerprint density at radius 1 is 1.18 bits per heavy atom. The molecule has 1 saturated carbocycles. The number of nitrogen functional groups attached to an aromatic ring is 1. The van der Waals surface area contributed by atoms with Crippen molar-refractivity contribution in [1.29, 1.82) is 0 Å². The van der Waals surface area contributed by atoms with Crippen LogP contribution in [0.25, 0.3) is 0 Å². The third kappa shape index (κ3) is 3.74. The van der Waals surface area contributed by atoms with Crippen LogP contribution in [0.2, 0.25) is 0 Å². The molecule has 2 nitrogen and oxygen atoms in total. The van der Waals surface area contributed by atoms with Gasteiger partial charge in [-0.3, -0.25) is 0 Å². The molecular weight excluding hydrogens is 208 g/mol. The molecule has 1 fully saturated rings. The molecular formula is C15H24N2. The number of hydrogen-bond acceptors (Lipinski definition) is 2. The lowest BCUT2D eigenvalue weighted by atomic mass is 9.89. The Labute approximate surface area is 105 Å². The van der Waals surface area contributed by atoms with Gasteiger partial charge in [-0.1, -0.05) is 31.9 Å². The van der Waals surface area contributed by atoms with Crippen molar-refractivity contribution in [2.45, 2.75) is 39.0 Å². The van der Waals surface area contributed by atoms with Crippen molar-refractivity contribution >= 4 is 5.69 Å². The molecule has 1 aliphatic carbocycles. The highest BCUT2D eigenvalue weighted by Crippen LogP contribution is 2.36. The second kappa shape index (κ2) is 5.54. The van der Waals surface area contributed by atoms with Crippen LogP contribution < -0.4 is 11.1 Å². The molecule has 3 N–H and O–H groups in total. The standard InChI is InChI=1S/C15H24N2/c1-15(9-2-3-10-15)12-17-11-8-13-4-6-14(16)7-5-13/h4-7,17H,2-3,8-12,16H2,1H3. The molecule has 0 radical (unpaired) electrons. The van der Waals surface area contributed by atoms with Crippen LogP contribution in [0.15, 0.2) is 24.3 Å². The number of hydrogen-bond donors (Lipinski definition) is 2. The Bertz CT molecular complexity index is 336. The molecule has 1 aromatic rings. The van der Waals surface area contributed by atoms with Crippen molar-refractivity contribution in [3.05, 3.63) is 29.8 Å². The minimum absolute atomic E-state index is 0.557. The predicted octanol–water partition coefficient (Wildman–Crippen LogP) is 2.98. The largest absolute Gasteiger partial charge is 0.399 e. The van der Waals surface area contributed by atoms with E-state index in [2.05, 4.69) is 24.4 Å². The van der Waals surface area contributed by atoms with Gasteiger partial charge in [-0.2, -0.15) is 0 Å². The van der Waals surface area contributed by atoms with Gasteiger partial charge in [0.25, 0.3) is 0 Å². The van der Waals surface area contributed by atoms with Gasteiger partial charge in [-0.25, -0.2) is 0 Å². The molecule has 1 aromatic carbocycles. The Balaban J connectivity index is 1.67.